The second-order valence-electron chi connectivity index (χ2n) is 8.77. The van der Waals surface area contributed by atoms with E-state index in [-0.39, 0.29) is 0 Å². The van der Waals surface area contributed by atoms with E-state index in [1.54, 1.807) is 0 Å². The molecule has 0 atom stereocenters. The average molecular weight is 418 g/mol. The van der Waals surface area contributed by atoms with Crippen LogP contribution in [0.3, 0.4) is 0 Å². The smallest absolute Gasteiger partial charge is 0.00200 e. The van der Waals surface area contributed by atoms with Crippen molar-refractivity contribution in [1.29, 1.82) is 0 Å². The maximum absolute atomic E-state index is 4.64. The Morgan fingerprint density at radius 3 is 1.33 bits per heavy atom. The Labute approximate surface area is 194 Å². The van der Waals surface area contributed by atoms with Gasteiger partial charge in [-0.05, 0) is 79.3 Å². The molecule has 7 rings (SSSR count). The summed E-state index contributed by atoms with van der Waals surface area (Å²) in [7, 11) is 0. The van der Waals surface area contributed by atoms with Crippen molar-refractivity contribution in [2.45, 2.75) is 0 Å². The highest BCUT2D eigenvalue weighted by Gasteiger charge is 2.31. The summed E-state index contributed by atoms with van der Waals surface area (Å²) in [5.41, 5.74) is 16.6. The predicted molar refractivity (Wildman–Crippen MR) is 139 cm³/mol. The molecule has 0 amide bonds. The van der Waals surface area contributed by atoms with E-state index in [9.17, 15) is 0 Å². The zero-order valence-electron chi connectivity index (χ0n) is 18.2. The van der Waals surface area contributed by atoms with Gasteiger partial charge in [0.2, 0.25) is 0 Å². The summed E-state index contributed by atoms with van der Waals surface area (Å²) < 4.78 is 0. The highest BCUT2D eigenvalue weighted by atomic mass is 14.3. The lowest BCUT2D eigenvalue weighted by Crippen LogP contribution is -2.07. The van der Waals surface area contributed by atoms with E-state index in [0.29, 0.717) is 0 Å². The van der Waals surface area contributed by atoms with Crippen LogP contribution in [-0.2, 0) is 0 Å². The minimum atomic E-state index is 1.06. The van der Waals surface area contributed by atoms with Gasteiger partial charge in [-0.15, -0.1) is 0 Å². The van der Waals surface area contributed by atoms with Crippen molar-refractivity contribution in [2.75, 3.05) is 0 Å². The molecule has 0 saturated heterocycles. The maximum atomic E-state index is 4.64. The van der Waals surface area contributed by atoms with E-state index < -0.39 is 0 Å². The van der Waals surface area contributed by atoms with Gasteiger partial charge in [-0.2, -0.15) is 0 Å². The van der Waals surface area contributed by atoms with Crippen LogP contribution in [0.1, 0.15) is 16.7 Å². The van der Waals surface area contributed by atoms with Gasteiger partial charge in [-0.25, -0.2) is 0 Å². The Bertz CT molecular complexity index is 1500. The van der Waals surface area contributed by atoms with Crippen molar-refractivity contribution < 1.29 is 0 Å². The summed E-state index contributed by atoms with van der Waals surface area (Å²) in [4.78, 5) is 0. The Hall–Kier alpha value is -4.16. The molecule has 1 radical (unpaired) electrons. The molecule has 2 aliphatic carbocycles. The third-order valence-corrected chi connectivity index (χ3v) is 7.06. The molecule has 0 heterocycles. The minimum Gasteiger partial charge on any atom is -0.0622 e. The van der Waals surface area contributed by atoms with E-state index in [1.165, 1.54) is 61.2 Å². The van der Waals surface area contributed by atoms with Crippen molar-refractivity contribution in [3.8, 4) is 44.5 Å². The van der Waals surface area contributed by atoms with E-state index in [4.69, 9.17) is 0 Å². The molecule has 0 aromatic heterocycles. The molecule has 0 aliphatic heterocycles. The number of rotatable bonds is 3. The minimum absolute atomic E-state index is 1.06. The number of benzene rings is 5. The molecular weight excluding hydrogens is 396 g/mol. The fourth-order valence-corrected chi connectivity index (χ4v) is 5.55. The van der Waals surface area contributed by atoms with Gasteiger partial charge >= 0.3 is 0 Å². The van der Waals surface area contributed by atoms with Crippen LogP contribution in [-0.4, -0.2) is 0 Å². The molecule has 0 saturated carbocycles. The van der Waals surface area contributed by atoms with Gasteiger partial charge in [0.1, 0.15) is 0 Å². The van der Waals surface area contributed by atoms with E-state index in [0.717, 1.165) is 11.1 Å². The average Bonchev–Trinajstić information content (AvgIpc) is 2.86. The lowest BCUT2D eigenvalue weighted by atomic mass is 9.71. The summed E-state index contributed by atoms with van der Waals surface area (Å²) >= 11 is 0. The third-order valence-electron chi connectivity index (χ3n) is 7.06. The summed E-state index contributed by atoms with van der Waals surface area (Å²) in [5.74, 6) is 0. The number of fused-ring (bicyclic) bond motifs is 8. The predicted octanol–water partition coefficient (Wildman–Crippen LogP) is 8.77. The van der Waals surface area contributed by atoms with E-state index in [2.05, 4.69) is 122 Å². The molecule has 5 aromatic carbocycles. The zero-order chi connectivity index (χ0) is 21.9. The number of hydrogen-bond donors (Lipinski definition) is 0. The molecule has 0 unspecified atom stereocenters. The zero-order valence-corrected chi connectivity index (χ0v) is 18.2. The van der Waals surface area contributed by atoms with Crippen LogP contribution in [0.4, 0.5) is 0 Å². The van der Waals surface area contributed by atoms with Gasteiger partial charge in [-0.1, -0.05) is 115 Å². The van der Waals surface area contributed by atoms with Crippen molar-refractivity contribution in [3.05, 3.63) is 139 Å². The highest BCUT2D eigenvalue weighted by molar-refractivity contribution is 6.16. The van der Waals surface area contributed by atoms with Gasteiger partial charge in [0.25, 0.3) is 0 Å². The van der Waals surface area contributed by atoms with Gasteiger partial charge < -0.3 is 0 Å². The fraction of sp³-hybridized carbons (Fsp3) is 0. The summed E-state index contributed by atoms with van der Waals surface area (Å²) in [6.07, 6.45) is 0. The first kappa shape index (κ1) is 18.4. The third kappa shape index (κ3) is 2.52. The molecule has 0 N–H and O–H groups in total. The second kappa shape index (κ2) is 6.92. The first-order valence-electron chi connectivity index (χ1n) is 11.4. The van der Waals surface area contributed by atoms with Crippen LogP contribution in [0.2, 0.25) is 0 Å². The van der Waals surface area contributed by atoms with E-state index in [1.807, 2.05) is 0 Å². The number of allylic oxidation sites excluding steroid dienone is 1. The summed E-state index contributed by atoms with van der Waals surface area (Å²) in [5, 5.41) is 0. The quantitative estimate of drug-likeness (QED) is 0.252. The molecule has 5 aromatic rings. The standard InChI is InChI=1S/C33H21/c1-21(22-11-3-2-4-12-22)31(29-19-9-17-27-23-13-5-7-15-25(23)32(27)29)30-20-10-18-28-24-14-6-8-16-26(24)33(28)30/h2-20H,1H2. The van der Waals surface area contributed by atoms with Gasteiger partial charge in [-0.3, -0.25) is 0 Å². The maximum Gasteiger partial charge on any atom is -0.00200 e. The Morgan fingerprint density at radius 1 is 0.394 bits per heavy atom. The SMILES string of the molecule is [CH2]C(=C(c1cccc2c1-c1ccccc1-2)c1cccc2c1-c1ccccc1-2)c1ccccc1. The first-order valence-corrected chi connectivity index (χ1v) is 11.4. The van der Waals surface area contributed by atoms with Crippen molar-refractivity contribution >= 4 is 11.1 Å². The van der Waals surface area contributed by atoms with E-state index >= 15 is 0 Å². The van der Waals surface area contributed by atoms with Gasteiger partial charge in [0.05, 0.1) is 0 Å². The van der Waals surface area contributed by atoms with Gasteiger partial charge in [0.15, 0.2) is 0 Å². The fourth-order valence-electron chi connectivity index (χ4n) is 5.55. The largest absolute Gasteiger partial charge is 0.0622 e. The Kier molecular flexibility index (Phi) is 3.86. The van der Waals surface area contributed by atoms with Crippen LogP contribution in [0, 0.1) is 6.92 Å². The first-order chi connectivity index (χ1) is 16.3. The summed E-state index contributed by atoms with van der Waals surface area (Å²) in [6, 6.07) is 41.4. The molecule has 153 valence electrons. The lowest BCUT2D eigenvalue weighted by Gasteiger charge is -2.32. The second-order valence-corrected chi connectivity index (χ2v) is 8.77. The molecule has 33 heavy (non-hydrogen) atoms. The van der Waals surface area contributed by atoms with Crippen LogP contribution in [0.5, 0.6) is 0 Å². The highest BCUT2D eigenvalue weighted by Crippen LogP contribution is 2.55. The van der Waals surface area contributed by atoms with Crippen molar-refractivity contribution in [3.63, 3.8) is 0 Å². The van der Waals surface area contributed by atoms with Crippen molar-refractivity contribution in [1.82, 2.24) is 0 Å². The van der Waals surface area contributed by atoms with Crippen LogP contribution >= 0.6 is 0 Å². The van der Waals surface area contributed by atoms with Gasteiger partial charge in [0, 0.05) is 0 Å². The van der Waals surface area contributed by atoms with Crippen LogP contribution in [0.15, 0.2) is 115 Å². The van der Waals surface area contributed by atoms with Crippen LogP contribution in [0.25, 0.3) is 55.7 Å². The molecule has 0 fully saturated rings. The topological polar surface area (TPSA) is 0 Å². The Morgan fingerprint density at radius 2 is 0.818 bits per heavy atom. The summed E-state index contributed by atoms with van der Waals surface area (Å²) in [6.45, 7) is 4.64. The molecular formula is C33H21. The van der Waals surface area contributed by atoms with Crippen molar-refractivity contribution in [2.24, 2.45) is 0 Å². The molecule has 2 aliphatic rings. The molecule has 0 heteroatoms. The Balaban J connectivity index is 1.54. The van der Waals surface area contributed by atoms with Crippen LogP contribution < -0.4 is 0 Å². The number of hydrogen-bond acceptors (Lipinski definition) is 0. The monoisotopic (exact) mass is 417 g/mol. The lowest BCUT2D eigenvalue weighted by molar-refractivity contribution is 1.45. The molecule has 0 nitrogen and oxygen atoms in total. The normalized spacial score (nSPS) is 11.8. The molecule has 0 bridgehead atoms. The molecule has 0 spiro atoms.